The minimum Gasteiger partial charge on any atom is -0.463 e. The fourth-order valence-corrected chi connectivity index (χ4v) is 4.18. The summed E-state index contributed by atoms with van der Waals surface area (Å²) < 4.78 is 28.3. The number of hydrogen-bond donors (Lipinski definition) is 3. The molecule has 0 saturated carbocycles. The average Bonchev–Trinajstić information content (AvgIpc) is 2.78. The Hall–Kier alpha value is -3.21. The Morgan fingerprint density at radius 3 is 2.36 bits per heavy atom. The summed E-state index contributed by atoms with van der Waals surface area (Å²) in [6, 6.07) is 14.3. The van der Waals surface area contributed by atoms with Crippen molar-refractivity contribution in [3.63, 3.8) is 0 Å². The Balaban J connectivity index is 1.93. The average molecular weight is 473 g/mol. The van der Waals surface area contributed by atoms with Gasteiger partial charge in [0.15, 0.2) is 0 Å². The molecule has 0 fully saturated rings. The van der Waals surface area contributed by atoms with Crippen LogP contribution in [0.5, 0.6) is 0 Å². The van der Waals surface area contributed by atoms with Crippen molar-refractivity contribution in [1.82, 2.24) is 15.5 Å². The number of nitrogens with two attached hydrogens (primary N) is 1. The van der Waals surface area contributed by atoms with Crippen LogP contribution in [-0.2, 0) is 19.6 Å². The molecule has 2 atom stereocenters. The second-order valence-corrected chi connectivity index (χ2v) is 9.32. The van der Waals surface area contributed by atoms with E-state index < -0.39 is 28.1 Å². The van der Waals surface area contributed by atoms with E-state index in [1.54, 1.807) is 19.1 Å². The van der Waals surface area contributed by atoms with Crippen LogP contribution in [0.3, 0.4) is 0 Å². The molecule has 0 aromatic heterocycles. The number of ether oxygens (including phenoxy) is 1. The molecule has 2 amide bonds. The molecule has 9 nitrogen and oxygen atoms in total. The molecule has 1 heterocycles. The normalized spacial score (nSPS) is 17.4. The molecule has 0 unspecified atom stereocenters. The molecule has 2 aromatic carbocycles. The molecular weight excluding hydrogens is 444 g/mol. The number of nitrogens with one attached hydrogen (secondary N) is 2. The molecule has 1 aliphatic rings. The van der Waals surface area contributed by atoms with Gasteiger partial charge in [-0.1, -0.05) is 42.5 Å². The molecule has 0 spiro atoms. The maximum atomic E-state index is 12.9. The summed E-state index contributed by atoms with van der Waals surface area (Å²) in [4.78, 5) is 27.3. The number of nitrogens with zero attached hydrogens (tertiary/aromatic N) is 1. The van der Waals surface area contributed by atoms with Crippen molar-refractivity contribution < 1.29 is 22.7 Å². The molecule has 1 aliphatic heterocycles. The van der Waals surface area contributed by atoms with E-state index in [1.165, 1.54) is 12.1 Å². The standard InChI is InChI=1S/C23H28N4O5S/c1-4-32-22(28)20-19(25-23(29)26-21(20)17-8-6-5-7-9-17)14-27(3)15(2)16-10-12-18(13-11-16)33(24,30)31/h5-13,15,21H,4,14H2,1-3H3,(H2,24,30,31)(H2,25,26,29)/t15-,21-/m1/s1. The maximum absolute atomic E-state index is 12.9. The summed E-state index contributed by atoms with van der Waals surface area (Å²) >= 11 is 0. The molecule has 0 bridgehead atoms. The molecule has 3 rings (SSSR count). The van der Waals surface area contributed by atoms with E-state index in [4.69, 9.17) is 9.88 Å². The first-order valence-electron chi connectivity index (χ1n) is 10.5. The third-order valence-corrected chi connectivity index (χ3v) is 6.47. The Morgan fingerprint density at radius 1 is 1.15 bits per heavy atom. The number of carbonyl (C=O) groups is 2. The number of rotatable bonds is 8. The highest BCUT2D eigenvalue weighted by molar-refractivity contribution is 7.89. The van der Waals surface area contributed by atoms with Crippen LogP contribution in [0.4, 0.5) is 4.79 Å². The third kappa shape index (κ3) is 5.78. The molecule has 10 heteroatoms. The van der Waals surface area contributed by atoms with Crippen LogP contribution in [0.1, 0.15) is 37.1 Å². The van der Waals surface area contributed by atoms with Gasteiger partial charge in [0.2, 0.25) is 10.0 Å². The van der Waals surface area contributed by atoms with Gasteiger partial charge in [0.25, 0.3) is 0 Å². The largest absolute Gasteiger partial charge is 0.463 e. The summed E-state index contributed by atoms with van der Waals surface area (Å²) in [5.74, 6) is -0.507. The first-order valence-corrected chi connectivity index (χ1v) is 12.0. The predicted octanol–water partition coefficient (Wildman–Crippen LogP) is 2.20. The molecule has 0 saturated heterocycles. The fraction of sp³-hybridized carbons (Fsp3) is 0.304. The molecule has 0 radical (unpaired) electrons. The molecule has 2 aromatic rings. The van der Waals surface area contributed by atoms with Gasteiger partial charge in [0, 0.05) is 18.3 Å². The SMILES string of the molecule is CCOC(=O)C1=C(CN(C)[C@H](C)c2ccc(S(N)(=O)=O)cc2)NC(=O)N[C@@H]1c1ccccc1. The van der Waals surface area contributed by atoms with E-state index in [1.807, 2.05) is 49.2 Å². The lowest BCUT2D eigenvalue weighted by atomic mass is 9.94. The number of esters is 1. The zero-order chi connectivity index (χ0) is 24.2. The van der Waals surface area contributed by atoms with E-state index in [9.17, 15) is 18.0 Å². The number of carbonyl (C=O) groups excluding carboxylic acids is 2. The van der Waals surface area contributed by atoms with Crippen LogP contribution in [0.2, 0.25) is 0 Å². The monoisotopic (exact) mass is 472 g/mol. The van der Waals surface area contributed by atoms with E-state index in [0.717, 1.165) is 11.1 Å². The van der Waals surface area contributed by atoms with E-state index in [-0.39, 0.29) is 24.1 Å². The third-order valence-electron chi connectivity index (χ3n) is 5.54. The molecule has 4 N–H and O–H groups in total. The van der Waals surface area contributed by atoms with Crippen molar-refractivity contribution in [2.75, 3.05) is 20.2 Å². The van der Waals surface area contributed by atoms with Crippen molar-refractivity contribution in [2.45, 2.75) is 30.8 Å². The highest BCUT2D eigenvalue weighted by Crippen LogP contribution is 2.29. The Morgan fingerprint density at radius 2 is 1.79 bits per heavy atom. The first kappa shape index (κ1) is 24.4. The van der Waals surface area contributed by atoms with Crippen LogP contribution in [0.15, 0.2) is 70.8 Å². The lowest BCUT2D eigenvalue weighted by Gasteiger charge is -2.33. The Kier molecular flexibility index (Phi) is 7.52. The number of benzene rings is 2. The minimum absolute atomic E-state index is 0.0322. The molecule has 33 heavy (non-hydrogen) atoms. The van der Waals surface area contributed by atoms with Crippen molar-refractivity contribution in [3.05, 3.63) is 77.0 Å². The summed E-state index contributed by atoms with van der Waals surface area (Å²) in [7, 11) is -1.93. The van der Waals surface area contributed by atoms with Gasteiger partial charge in [0.05, 0.1) is 23.1 Å². The number of hydrogen-bond acceptors (Lipinski definition) is 6. The van der Waals surface area contributed by atoms with Crippen LogP contribution >= 0.6 is 0 Å². The number of sulfonamides is 1. The number of amides is 2. The summed E-state index contributed by atoms with van der Waals surface area (Å²) in [6.07, 6.45) is 0. The smallest absolute Gasteiger partial charge is 0.338 e. The van der Waals surface area contributed by atoms with Gasteiger partial charge in [-0.15, -0.1) is 0 Å². The van der Waals surface area contributed by atoms with E-state index in [0.29, 0.717) is 11.3 Å². The van der Waals surface area contributed by atoms with Gasteiger partial charge < -0.3 is 15.4 Å². The topological polar surface area (TPSA) is 131 Å². The summed E-state index contributed by atoms with van der Waals surface area (Å²) in [5, 5.41) is 10.7. The second-order valence-electron chi connectivity index (χ2n) is 7.76. The van der Waals surface area contributed by atoms with Crippen LogP contribution < -0.4 is 15.8 Å². The van der Waals surface area contributed by atoms with Crippen LogP contribution in [0.25, 0.3) is 0 Å². The lowest BCUT2D eigenvalue weighted by Crippen LogP contribution is -2.48. The lowest BCUT2D eigenvalue weighted by molar-refractivity contribution is -0.139. The minimum atomic E-state index is -3.78. The van der Waals surface area contributed by atoms with Crippen molar-refractivity contribution >= 4 is 22.0 Å². The van der Waals surface area contributed by atoms with Crippen molar-refractivity contribution in [2.24, 2.45) is 5.14 Å². The van der Waals surface area contributed by atoms with Gasteiger partial charge in [-0.3, -0.25) is 4.90 Å². The van der Waals surface area contributed by atoms with Crippen molar-refractivity contribution in [1.29, 1.82) is 0 Å². The zero-order valence-corrected chi connectivity index (χ0v) is 19.6. The van der Waals surface area contributed by atoms with Gasteiger partial charge in [-0.05, 0) is 44.2 Å². The van der Waals surface area contributed by atoms with Gasteiger partial charge in [0.1, 0.15) is 0 Å². The number of likely N-dealkylation sites (N-methyl/N-ethyl adjacent to an activating group) is 1. The van der Waals surface area contributed by atoms with E-state index in [2.05, 4.69) is 10.6 Å². The number of primary sulfonamides is 1. The van der Waals surface area contributed by atoms with Gasteiger partial charge >= 0.3 is 12.0 Å². The van der Waals surface area contributed by atoms with E-state index >= 15 is 0 Å². The quantitative estimate of drug-likeness (QED) is 0.505. The second kappa shape index (κ2) is 10.2. The highest BCUT2D eigenvalue weighted by atomic mass is 32.2. The Labute approximate surface area is 193 Å². The number of urea groups is 1. The van der Waals surface area contributed by atoms with Crippen LogP contribution in [0, 0.1) is 0 Å². The molecule has 176 valence electrons. The Bertz CT molecular complexity index is 1150. The van der Waals surface area contributed by atoms with Crippen LogP contribution in [-0.4, -0.2) is 45.5 Å². The van der Waals surface area contributed by atoms with Gasteiger partial charge in [-0.25, -0.2) is 23.1 Å². The zero-order valence-electron chi connectivity index (χ0n) is 18.7. The fourth-order valence-electron chi connectivity index (χ4n) is 3.66. The summed E-state index contributed by atoms with van der Waals surface area (Å²) in [5.41, 5.74) is 2.40. The van der Waals surface area contributed by atoms with Crippen molar-refractivity contribution in [3.8, 4) is 0 Å². The maximum Gasteiger partial charge on any atom is 0.338 e. The predicted molar refractivity (Wildman–Crippen MR) is 123 cm³/mol. The first-order chi connectivity index (χ1) is 15.6. The summed E-state index contributed by atoms with van der Waals surface area (Å²) in [6.45, 7) is 4.12. The molecule has 0 aliphatic carbocycles. The highest BCUT2D eigenvalue weighted by Gasteiger charge is 2.34. The van der Waals surface area contributed by atoms with Gasteiger partial charge in [-0.2, -0.15) is 0 Å². The molecular formula is C23H28N4O5S.